The van der Waals surface area contributed by atoms with E-state index in [-0.39, 0.29) is 5.78 Å². The summed E-state index contributed by atoms with van der Waals surface area (Å²) in [4.78, 5) is 11.7. The van der Waals surface area contributed by atoms with Gasteiger partial charge in [-0.1, -0.05) is 12.1 Å². The van der Waals surface area contributed by atoms with E-state index in [0.29, 0.717) is 12.1 Å². The number of benzene rings is 1. The van der Waals surface area contributed by atoms with Crippen molar-refractivity contribution in [1.82, 2.24) is 8.75 Å². The fourth-order valence-electron chi connectivity index (χ4n) is 1.35. The number of nitrogens with zero attached hydrogens (tertiary/aromatic N) is 2. The quantitative estimate of drug-likeness (QED) is 0.759. The van der Waals surface area contributed by atoms with Crippen molar-refractivity contribution < 1.29 is 9.53 Å². The van der Waals surface area contributed by atoms with E-state index in [2.05, 4.69) is 8.75 Å². The normalized spacial score (nSPS) is 10.1. The molecule has 0 bridgehead atoms. The van der Waals surface area contributed by atoms with Crippen molar-refractivity contribution in [1.29, 1.82) is 0 Å². The molecule has 0 amide bonds. The number of hydrogen-bond acceptors (Lipinski definition) is 5. The first-order valence-corrected chi connectivity index (χ1v) is 5.46. The molecule has 5 heteroatoms. The minimum absolute atomic E-state index is 0.0259. The van der Waals surface area contributed by atoms with Gasteiger partial charge in [-0.2, -0.15) is 8.75 Å². The summed E-state index contributed by atoms with van der Waals surface area (Å²) in [5.41, 5.74) is 1.34. The van der Waals surface area contributed by atoms with Gasteiger partial charge in [0.05, 0.1) is 25.0 Å². The van der Waals surface area contributed by atoms with Crippen molar-refractivity contribution >= 4 is 17.5 Å². The smallest absolute Gasteiger partial charge is 0.188 e. The predicted octanol–water partition coefficient (Wildman–Crippen LogP) is 1.97. The van der Waals surface area contributed by atoms with Crippen molar-refractivity contribution in [2.45, 2.75) is 6.42 Å². The summed E-state index contributed by atoms with van der Waals surface area (Å²) in [6.45, 7) is 0. The fourth-order valence-corrected chi connectivity index (χ4v) is 1.78. The summed E-state index contributed by atoms with van der Waals surface area (Å²) in [6, 6.07) is 7.44. The average molecular weight is 234 g/mol. The monoisotopic (exact) mass is 234 g/mol. The lowest BCUT2D eigenvalue weighted by molar-refractivity contribution is 0.0989. The van der Waals surface area contributed by atoms with Crippen molar-refractivity contribution in [3.05, 3.63) is 41.7 Å². The molecule has 4 nitrogen and oxygen atoms in total. The van der Waals surface area contributed by atoms with E-state index >= 15 is 0 Å². The van der Waals surface area contributed by atoms with Crippen LogP contribution in [0.4, 0.5) is 0 Å². The number of Topliss-reactive ketones (excluding diaryl/α,β-unsaturated/α-hetero) is 1. The fraction of sp³-hybridized carbons (Fsp3) is 0.182. The van der Waals surface area contributed by atoms with Crippen LogP contribution in [0.5, 0.6) is 5.75 Å². The van der Waals surface area contributed by atoms with Crippen molar-refractivity contribution in [3.63, 3.8) is 0 Å². The summed E-state index contributed by atoms with van der Waals surface area (Å²) in [5, 5.41) is 0. The number of carbonyl (C=O) groups excluding carboxylic acids is 1. The number of methoxy groups -OCH3 is 1. The Kier molecular flexibility index (Phi) is 3.26. The summed E-state index contributed by atoms with van der Waals surface area (Å²) in [6.07, 6.45) is 1.82. The highest BCUT2D eigenvalue weighted by Gasteiger charge is 2.10. The second-order valence-electron chi connectivity index (χ2n) is 3.24. The molecule has 0 fully saturated rings. The molecule has 0 unspecified atom stereocenters. The van der Waals surface area contributed by atoms with Gasteiger partial charge >= 0.3 is 0 Å². The lowest BCUT2D eigenvalue weighted by Crippen LogP contribution is -2.03. The van der Waals surface area contributed by atoms with Crippen LogP contribution in [-0.4, -0.2) is 21.6 Å². The van der Waals surface area contributed by atoms with E-state index in [1.807, 2.05) is 24.3 Å². The molecule has 0 aliphatic heterocycles. The summed E-state index contributed by atoms with van der Waals surface area (Å²) in [7, 11) is 1.60. The third-order valence-electron chi connectivity index (χ3n) is 2.15. The Balaban J connectivity index is 2.12. The Bertz CT molecular complexity index is 482. The Labute approximate surface area is 97.2 Å². The molecule has 82 valence electrons. The van der Waals surface area contributed by atoms with Crippen LogP contribution < -0.4 is 4.74 Å². The van der Waals surface area contributed by atoms with E-state index < -0.39 is 0 Å². The third kappa shape index (κ3) is 2.43. The van der Waals surface area contributed by atoms with E-state index in [9.17, 15) is 4.79 Å². The third-order valence-corrected chi connectivity index (χ3v) is 2.62. The predicted molar refractivity (Wildman–Crippen MR) is 60.9 cm³/mol. The van der Waals surface area contributed by atoms with Gasteiger partial charge in [-0.15, -0.1) is 0 Å². The maximum absolute atomic E-state index is 11.7. The topological polar surface area (TPSA) is 52.1 Å². The standard InChI is InChI=1S/C11H10N2O2S/c1-15-9-4-2-3-8(5-9)6-11(14)10-7-12-16-13-10/h2-5,7H,6H2,1H3. The molecule has 2 aromatic rings. The lowest BCUT2D eigenvalue weighted by atomic mass is 10.1. The summed E-state index contributed by atoms with van der Waals surface area (Å²) in [5.74, 6) is 0.726. The lowest BCUT2D eigenvalue weighted by Gasteiger charge is -2.02. The molecule has 16 heavy (non-hydrogen) atoms. The Morgan fingerprint density at radius 1 is 1.50 bits per heavy atom. The molecule has 0 spiro atoms. The molecular weight excluding hydrogens is 224 g/mol. The highest BCUT2D eigenvalue weighted by molar-refractivity contribution is 6.99. The maximum atomic E-state index is 11.7. The molecule has 2 rings (SSSR count). The average Bonchev–Trinajstić information content (AvgIpc) is 2.83. The van der Waals surface area contributed by atoms with Crippen LogP contribution in [0.15, 0.2) is 30.5 Å². The second-order valence-corrected chi connectivity index (χ2v) is 3.80. The molecule has 1 aromatic carbocycles. The first-order valence-electron chi connectivity index (χ1n) is 4.73. The van der Waals surface area contributed by atoms with Crippen LogP contribution in [0.1, 0.15) is 16.1 Å². The zero-order chi connectivity index (χ0) is 11.4. The van der Waals surface area contributed by atoms with Crippen LogP contribution in [0.3, 0.4) is 0 Å². The number of aromatic nitrogens is 2. The van der Waals surface area contributed by atoms with Crippen molar-refractivity contribution in [2.24, 2.45) is 0 Å². The first kappa shape index (κ1) is 10.8. The van der Waals surface area contributed by atoms with Crippen LogP contribution >= 0.6 is 11.7 Å². The number of ketones is 1. The highest BCUT2D eigenvalue weighted by Crippen LogP contribution is 2.14. The van der Waals surface area contributed by atoms with Gasteiger partial charge in [0.25, 0.3) is 0 Å². The zero-order valence-electron chi connectivity index (χ0n) is 8.71. The number of hydrogen-bond donors (Lipinski definition) is 0. The van der Waals surface area contributed by atoms with Crippen LogP contribution in [0.25, 0.3) is 0 Å². The van der Waals surface area contributed by atoms with Gasteiger partial charge in [-0.05, 0) is 17.7 Å². The number of rotatable bonds is 4. The van der Waals surface area contributed by atoms with Crippen molar-refractivity contribution in [2.75, 3.05) is 7.11 Å². The molecule has 1 heterocycles. The summed E-state index contributed by atoms with van der Waals surface area (Å²) >= 11 is 1.04. The molecule has 0 saturated carbocycles. The van der Waals surface area contributed by atoms with Gasteiger partial charge < -0.3 is 4.74 Å². The van der Waals surface area contributed by atoms with Gasteiger partial charge in [-0.3, -0.25) is 4.79 Å². The minimum atomic E-state index is -0.0259. The largest absolute Gasteiger partial charge is 0.497 e. The molecular formula is C11H10N2O2S. The van der Waals surface area contributed by atoms with Crippen molar-refractivity contribution in [3.8, 4) is 5.75 Å². The van der Waals surface area contributed by atoms with Gasteiger partial charge in [-0.25, -0.2) is 0 Å². The zero-order valence-corrected chi connectivity index (χ0v) is 9.53. The van der Waals surface area contributed by atoms with E-state index in [1.165, 1.54) is 6.20 Å². The molecule has 0 aliphatic carbocycles. The van der Waals surface area contributed by atoms with Gasteiger partial charge in [0.2, 0.25) is 0 Å². The van der Waals surface area contributed by atoms with Gasteiger partial charge in [0.15, 0.2) is 5.78 Å². The molecule has 1 aromatic heterocycles. The van der Waals surface area contributed by atoms with E-state index in [0.717, 1.165) is 23.0 Å². The molecule has 0 aliphatic rings. The van der Waals surface area contributed by atoms with Crippen LogP contribution in [-0.2, 0) is 6.42 Å². The van der Waals surface area contributed by atoms with Gasteiger partial charge in [0.1, 0.15) is 11.4 Å². The maximum Gasteiger partial charge on any atom is 0.188 e. The Morgan fingerprint density at radius 2 is 2.38 bits per heavy atom. The molecule has 0 atom stereocenters. The minimum Gasteiger partial charge on any atom is -0.497 e. The Morgan fingerprint density at radius 3 is 3.06 bits per heavy atom. The van der Waals surface area contributed by atoms with Gasteiger partial charge in [0, 0.05) is 6.42 Å². The second kappa shape index (κ2) is 4.85. The number of ether oxygens (including phenoxy) is 1. The van der Waals surface area contributed by atoms with Crippen LogP contribution in [0, 0.1) is 0 Å². The van der Waals surface area contributed by atoms with Crippen LogP contribution in [0.2, 0.25) is 0 Å². The first-order chi connectivity index (χ1) is 7.79. The van der Waals surface area contributed by atoms with E-state index in [4.69, 9.17) is 4.74 Å². The Hall–Kier alpha value is -1.75. The van der Waals surface area contributed by atoms with E-state index in [1.54, 1.807) is 7.11 Å². The molecule has 0 N–H and O–H groups in total. The molecule has 0 saturated heterocycles. The highest BCUT2D eigenvalue weighted by atomic mass is 32.1. The SMILES string of the molecule is COc1cccc(CC(=O)c2cnsn2)c1. The summed E-state index contributed by atoms with van der Waals surface area (Å²) < 4.78 is 12.8. The number of carbonyl (C=O) groups is 1. The molecule has 0 radical (unpaired) electrons.